The first-order valence-electron chi connectivity index (χ1n) is 10.1. The molecule has 0 fully saturated rings. The Morgan fingerprint density at radius 2 is 1.81 bits per heavy atom. The number of carbonyl (C=O) groups excluding carboxylic acids is 1. The molecule has 0 unspecified atom stereocenters. The van der Waals surface area contributed by atoms with Gasteiger partial charge in [0, 0.05) is 34.1 Å². The number of para-hydroxylation sites is 1. The molecular weight excluding hydrogens is 388 g/mol. The molecule has 0 aliphatic rings. The topological polar surface area (TPSA) is 61.4 Å². The number of benzene rings is 2. The summed E-state index contributed by atoms with van der Waals surface area (Å²) in [6.45, 7) is 3.95. The Balaban J connectivity index is 1.66. The number of nitrogens with zero attached hydrogens (tertiary/aromatic N) is 4. The highest BCUT2D eigenvalue weighted by Crippen LogP contribution is 2.29. The number of rotatable bonds is 4. The molecule has 0 N–H and O–H groups in total. The van der Waals surface area contributed by atoms with Crippen molar-refractivity contribution < 1.29 is 9.53 Å². The maximum Gasteiger partial charge on any atom is 0.235 e. The van der Waals surface area contributed by atoms with Gasteiger partial charge in [0.2, 0.25) is 5.91 Å². The predicted octanol–water partition coefficient (Wildman–Crippen LogP) is 4.86. The van der Waals surface area contributed by atoms with E-state index in [2.05, 4.69) is 0 Å². The van der Waals surface area contributed by atoms with Gasteiger partial charge in [-0.05, 0) is 56.3 Å². The Bertz CT molecular complexity index is 1430. The van der Waals surface area contributed by atoms with Crippen LogP contribution in [0.3, 0.4) is 0 Å². The lowest BCUT2D eigenvalue weighted by atomic mass is 10.0. The Morgan fingerprint density at radius 3 is 2.58 bits per heavy atom. The molecule has 5 rings (SSSR count). The Morgan fingerprint density at radius 1 is 1.03 bits per heavy atom. The van der Waals surface area contributed by atoms with Gasteiger partial charge < -0.3 is 4.74 Å². The highest BCUT2D eigenvalue weighted by molar-refractivity contribution is 5.95. The zero-order chi connectivity index (χ0) is 21.5. The first-order chi connectivity index (χ1) is 15.0. The highest BCUT2D eigenvalue weighted by Gasteiger charge is 2.21. The zero-order valence-electron chi connectivity index (χ0n) is 17.7. The summed E-state index contributed by atoms with van der Waals surface area (Å²) >= 11 is 0. The largest absolute Gasteiger partial charge is 0.497 e. The van der Waals surface area contributed by atoms with Gasteiger partial charge >= 0.3 is 0 Å². The maximum atomic E-state index is 13.4. The van der Waals surface area contributed by atoms with Gasteiger partial charge in [-0.2, -0.15) is 5.10 Å². The second-order valence-electron chi connectivity index (χ2n) is 7.65. The van der Waals surface area contributed by atoms with Gasteiger partial charge in [0.1, 0.15) is 5.75 Å². The van der Waals surface area contributed by atoms with Gasteiger partial charge in [0.25, 0.3) is 0 Å². The van der Waals surface area contributed by atoms with E-state index >= 15 is 0 Å². The number of hydrogen-bond acceptors (Lipinski definition) is 4. The molecule has 0 atom stereocenters. The summed E-state index contributed by atoms with van der Waals surface area (Å²) in [5, 5.41) is 5.87. The smallest absolute Gasteiger partial charge is 0.235 e. The van der Waals surface area contributed by atoms with E-state index in [0.717, 1.165) is 44.9 Å². The summed E-state index contributed by atoms with van der Waals surface area (Å²) in [6, 6.07) is 19.5. The molecular formula is C25H22N4O2. The second-order valence-corrected chi connectivity index (χ2v) is 7.65. The first kappa shape index (κ1) is 19.1. The van der Waals surface area contributed by atoms with Gasteiger partial charge in [0.15, 0.2) is 5.65 Å². The number of aryl methyl sites for hydroxylation is 2. The van der Waals surface area contributed by atoms with Crippen LogP contribution in [0, 0.1) is 13.8 Å². The van der Waals surface area contributed by atoms with Crippen LogP contribution < -0.4 is 4.74 Å². The molecule has 0 spiro atoms. The molecule has 0 aliphatic heterocycles. The highest BCUT2D eigenvalue weighted by atomic mass is 16.5. The van der Waals surface area contributed by atoms with Crippen LogP contribution in [0.1, 0.15) is 21.7 Å². The first-order valence-corrected chi connectivity index (χ1v) is 10.1. The molecule has 0 saturated carbocycles. The van der Waals surface area contributed by atoms with Gasteiger partial charge in [-0.15, -0.1) is 0 Å². The molecule has 0 bridgehead atoms. The Hall–Kier alpha value is -3.93. The van der Waals surface area contributed by atoms with Gasteiger partial charge in [0.05, 0.1) is 24.7 Å². The van der Waals surface area contributed by atoms with E-state index in [1.807, 2.05) is 85.2 Å². The molecule has 154 valence electrons. The third-order valence-electron chi connectivity index (χ3n) is 5.55. The third kappa shape index (κ3) is 3.26. The van der Waals surface area contributed by atoms with Crippen molar-refractivity contribution in [2.45, 2.75) is 20.3 Å². The van der Waals surface area contributed by atoms with Crippen molar-refractivity contribution in [1.82, 2.24) is 19.2 Å². The standard InChI is InChI=1S/C25H22N4O2/c1-16-14-17(2)29-25(26-16)21(24(27-29)19-8-10-20(31-3)11-9-19)15-23(30)28-13-12-18-6-4-5-7-22(18)28/h4-14H,15H2,1-3H3. The Kier molecular flexibility index (Phi) is 4.55. The van der Waals surface area contributed by atoms with Gasteiger partial charge in [-0.25, -0.2) is 9.50 Å². The molecule has 3 aromatic heterocycles. The lowest BCUT2D eigenvalue weighted by Crippen LogP contribution is -2.13. The molecule has 3 heterocycles. The average Bonchev–Trinajstić information content (AvgIpc) is 3.36. The fourth-order valence-electron chi connectivity index (χ4n) is 4.05. The van der Waals surface area contributed by atoms with Crippen LogP contribution in [0.15, 0.2) is 66.9 Å². The number of methoxy groups -OCH3 is 1. The monoisotopic (exact) mass is 410 g/mol. The molecule has 0 radical (unpaired) electrons. The van der Waals surface area contributed by atoms with Crippen molar-refractivity contribution in [2.75, 3.05) is 7.11 Å². The predicted molar refractivity (Wildman–Crippen MR) is 121 cm³/mol. The second kappa shape index (κ2) is 7.40. The lowest BCUT2D eigenvalue weighted by Gasteiger charge is -2.07. The van der Waals surface area contributed by atoms with Crippen molar-refractivity contribution in [3.8, 4) is 17.0 Å². The van der Waals surface area contributed by atoms with E-state index in [9.17, 15) is 4.79 Å². The summed E-state index contributed by atoms with van der Waals surface area (Å²) < 4.78 is 8.82. The van der Waals surface area contributed by atoms with Crippen LogP contribution in [0.5, 0.6) is 5.75 Å². The van der Waals surface area contributed by atoms with Crippen LogP contribution in [-0.4, -0.2) is 32.2 Å². The molecule has 6 nitrogen and oxygen atoms in total. The van der Waals surface area contributed by atoms with Crippen molar-refractivity contribution in [1.29, 1.82) is 0 Å². The molecule has 0 amide bonds. The van der Waals surface area contributed by atoms with Crippen molar-refractivity contribution >= 4 is 22.5 Å². The number of carbonyl (C=O) groups is 1. The molecule has 2 aromatic carbocycles. The number of aromatic nitrogens is 4. The minimum absolute atomic E-state index is 0.0215. The minimum Gasteiger partial charge on any atom is -0.497 e. The SMILES string of the molecule is COc1ccc(-c2nn3c(C)cc(C)nc3c2CC(=O)n2ccc3ccccc32)cc1. The van der Waals surface area contributed by atoms with E-state index in [4.69, 9.17) is 14.8 Å². The van der Waals surface area contributed by atoms with Crippen LogP contribution in [0.4, 0.5) is 0 Å². The van der Waals surface area contributed by atoms with Gasteiger partial charge in [-0.1, -0.05) is 18.2 Å². The third-order valence-corrected chi connectivity index (χ3v) is 5.55. The summed E-state index contributed by atoms with van der Waals surface area (Å²) in [4.78, 5) is 18.1. The Labute approximate surface area is 179 Å². The van der Waals surface area contributed by atoms with Crippen molar-refractivity contribution in [2.24, 2.45) is 0 Å². The molecule has 5 aromatic rings. The quantitative estimate of drug-likeness (QED) is 0.425. The van der Waals surface area contributed by atoms with E-state index in [-0.39, 0.29) is 12.3 Å². The molecule has 31 heavy (non-hydrogen) atoms. The van der Waals surface area contributed by atoms with Crippen LogP contribution in [-0.2, 0) is 6.42 Å². The van der Waals surface area contributed by atoms with Gasteiger partial charge in [-0.3, -0.25) is 9.36 Å². The maximum absolute atomic E-state index is 13.4. The van der Waals surface area contributed by atoms with Crippen molar-refractivity contribution in [3.63, 3.8) is 0 Å². The average molecular weight is 410 g/mol. The fraction of sp³-hybridized carbons (Fsp3) is 0.160. The van der Waals surface area contributed by atoms with E-state index in [0.29, 0.717) is 5.65 Å². The summed E-state index contributed by atoms with van der Waals surface area (Å²) in [7, 11) is 1.64. The number of hydrogen-bond donors (Lipinski definition) is 0. The molecule has 0 aliphatic carbocycles. The molecule has 6 heteroatoms. The summed E-state index contributed by atoms with van der Waals surface area (Å²) in [5.41, 5.74) is 5.98. The van der Waals surface area contributed by atoms with Crippen molar-refractivity contribution in [3.05, 3.63) is 83.8 Å². The van der Waals surface area contributed by atoms with E-state index in [1.165, 1.54) is 0 Å². The lowest BCUT2D eigenvalue weighted by molar-refractivity contribution is 0.0920. The number of fused-ring (bicyclic) bond motifs is 2. The van der Waals surface area contributed by atoms with Crippen LogP contribution in [0.2, 0.25) is 0 Å². The zero-order valence-corrected chi connectivity index (χ0v) is 17.7. The van der Waals surface area contributed by atoms with Crippen LogP contribution >= 0.6 is 0 Å². The summed E-state index contributed by atoms with van der Waals surface area (Å²) in [6.07, 6.45) is 2.02. The summed E-state index contributed by atoms with van der Waals surface area (Å²) in [5.74, 6) is 0.751. The number of ether oxygens (including phenoxy) is 1. The fourth-order valence-corrected chi connectivity index (χ4v) is 4.05. The minimum atomic E-state index is -0.0215. The normalized spacial score (nSPS) is 11.3. The van der Waals surface area contributed by atoms with E-state index < -0.39 is 0 Å². The molecule has 0 saturated heterocycles. The van der Waals surface area contributed by atoms with Crippen LogP contribution in [0.25, 0.3) is 27.8 Å². The van der Waals surface area contributed by atoms with E-state index in [1.54, 1.807) is 11.7 Å².